The molecule has 19 heavy (non-hydrogen) atoms. The zero-order valence-electron chi connectivity index (χ0n) is 10.3. The SMILES string of the molecule is Cc1c(F)cc(C(=O)O)cc1S(=O)(=O)NCC(C)O. The molecule has 0 heterocycles. The average molecular weight is 291 g/mol. The number of aliphatic hydroxyl groups is 1. The molecule has 8 heteroatoms. The summed E-state index contributed by atoms with van der Waals surface area (Å²) in [7, 11) is -4.08. The van der Waals surface area contributed by atoms with Crippen LogP contribution in [0.15, 0.2) is 17.0 Å². The molecule has 0 saturated heterocycles. The van der Waals surface area contributed by atoms with Gasteiger partial charge in [-0.1, -0.05) is 0 Å². The molecule has 106 valence electrons. The highest BCUT2D eigenvalue weighted by Crippen LogP contribution is 2.20. The standard InChI is InChI=1S/C11H14FNO5S/c1-6(14)5-13-19(17,18)10-4-8(11(15)16)3-9(12)7(10)2/h3-4,6,13-14H,5H2,1-2H3,(H,15,16). The van der Waals surface area contributed by atoms with Gasteiger partial charge in [-0.25, -0.2) is 22.3 Å². The number of rotatable bonds is 5. The monoisotopic (exact) mass is 291 g/mol. The molecule has 0 aliphatic heterocycles. The summed E-state index contributed by atoms with van der Waals surface area (Å²) in [6, 6.07) is 1.64. The molecule has 3 N–H and O–H groups in total. The molecule has 0 radical (unpaired) electrons. The first-order valence-corrected chi connectivity index (χ1v) is 6.84. The minimum atomic E-state index is -4.08. The summed E-state index contributed by atoms with van der Waals surface area (Å²) in [5.41, 5.74) is -0.636. The molecule has 1 atom stereocenters. The highest BCUT2D eigenvalue weighted by molar-refractivity contribution is 7.89. The van der Waals surface area contributed by atoms with Gasteiger partial charge in [-0.15, -0.1) is 0 Å². The molecular formula is C11H14FNO5S. The number of aromatic carboxylic acids is 1. The predicted octanol–water partition coefficient (Wildman–Crippen LogP) is 0.491. The second kappa shape index (κ2) is 5.64. The third-order valence-corrected chi connectivity index (χ3v) is 3.95. The van der Waals surface area contributed by atoms with Crippen LogP contribution in [0.5, 0.6) is 0 Å². The summed E-state index contributed by atoms with van der Waals surface area (Å²) in [5.74, 6) is -2.34. The van der Waals surface area contributed by atoms with Gasteiger partial charge in [0.15, 0.2) is 0 Å². The van der Waals surface area contributed by atoms with Gasteiger partial charge in [0.1, 0.15) is 5.82 Å². The minimum absolute atomic E-state index is 0.178. The van der Waals surface area contributed by atoms with Gasteiger partial charge in [-0.3, -0.25) is 0 Å². The van der Waals surface area contributed by atoms with E-state index in [1.807, 2.05) is 0 Å². The Kier molecular flexibility index (Phi) is 4.61. The number of aliphatic hydroxyl groups excluding tert-OH is 1. The summed E-state index contributed by atoms with van der Waals surface area (Å²) >= 11 is 0. The van der Waals surface area contributed by atoms with Crippen LogP contribution in [0.3, 0.4) is 0 Å². The van der Waals surface area contributed by atoms with Crippen LogP contribution in [-0.4, -0.2) is 37.2 Å². The molecule has 1 aromatic rings. The molecule has 0 amide bonds. The Morgan fingerprint density at radius 2 is 2.05 bits per heavy atom. The van der Waals surface area contributed by atoms with Crippen LogP contribution >= 0.6 is 0 Å². The molecular weight excluding hydrogens is 277 g/mol. The van der Waals surface area contributed by atoms with Gasteiger partial charge in [0.2, 0.25) is 10.0 Å². The summed E-state index contributed by atoms with van der Waals surface area (Å²) in [5, 5.41) is 17.8. The van der Waals surface area contributed by atoms with E-state index < -0.39 is 38.4 Å². The second-order valence-electron chi connectivity index (χ2n) is 4.09. The number of hydrogen-bond acceptors (Lipinski definition) is 4. The zero-order chi connectivity index (χ0) is 14.8. The number of benzene rings is 1. The van der Waals surface area contributed by atoms with E-state index in [1.54, 1.807) is 0 Å². The predicted molar refractivity (Wildman–Crippen MR) is 65.0 cm³/mol. The van der Waals surface area contributed by atoms with Gasteiger partial charge >= 0.3 is 5.97 Å². The van der Waals surface area contributed by atoms with E-state index in [9.17, 15) is 17.6 Å². The Balaban J connectivity index is 3.29. The molecule has 0 saturated carbocycles. The molecule has 1 rings (SSSR count). The fourth-order valence-electron chi connectivity index (χ4n) is 1.36. The quantitative estimate of drug-likeness (QED) is 0.732. The third kappa shape index (κ3) is 3.72. The van der Waals surface area contributed by atoms with Crippen molar-refractivity contribution in [1.29, 1.82) is 0 Å². The first-order valence-electron chi connectivity index (χ1n) is 5.36. The Labute approximate surface area is 109 Å². The molecule has 6 nitrogen and oxygen atoms in total. The van der Waals surface area contributed by atoms with E-state index in [4.69, 9.17) is 10.2 Å². The number of nitrogens with one attached hydrogen (secondary N) is 1. The van der Waals surface area contributed by atoms with E-state index in [-0.39, 0.29) is 12.1 Å². The van der Waals surface area contributed by atoms with Gasteiger partial charge in [-0.05, 0) is 26.0 Å². The number of sulfonamides is 1. The Morgan fingerprint density at radius 3 is 2.53 bits per heavy atom. The van der Waals surface area contributed by atoms with Gasteiger partial charge in [0, 0.05) is 12.1 Å². The number of hydrogen-bond donors (Lipinski definition) is 3. The van der Waals surface area contributed by atoms with Crippen molar-refractivity contribution < 1.29 is 27.8 Å². The number of halogens is 1. The van der Waals surface area contributed by atoms with Crippen LogP contribution in [0.2, 0.25) is 0 Å². The van der Waals surface area contributed by atoms with Crippen molar-refractivity contribution in [2.45, 2.75) is 24.8 Å². The van der Waals surface area contributed by atoms with Crippen molar-refractivity contribution in [1.82, 2.24) is 4.72 Å². The molecule has 0 bridgehead atoms. The van der Waals surface area contributed by atoms with Crippen molar-refractivity contribution in [3.05, 3.63) is 29.1 Å². The average Bonchev–Trinajstić information content (AvgIpc) is 2.29. The fourth-order valence-corrected chi connectivity index (χ4v) is 2.76. The molecule has 0 aliphatic rings. The number of carbonyl (C=O) groups is 1. The number of carboxylic acid groups (broad SMARTS) is 1. The largest absolute Gasteiger partial charge is 0.478 e. The van der Waals surface area contributed by atoms with Crippen molar-refractivity contribution in [3.8, 4) is 0 Å². The van der Waals surface area contributed by atoms with Gasteiger partial charge < -0.3 is 10.2 Å². The molecule has 0 fully saturated rings. The smallest absolute Gasteiger partial charge is 0.335 e. The highest BCUT2D eigenvalue weighted by atomic mass is 32.2. The lowest BCUT2D eigenvalue weighted by Crippen LogP contribution is -2.31. The van der Waals surface area contributed by atoms with Crippen molar-refractivity contribution >= 4 is 16.0 Å². The van der Waals surface area contributed by atoms with E-state index in [2.05, 4.69) is 4.72 Å². The lowest BCUT2D eigenvalue weighted by Gasteiger charge is -2.12. The van der Waals surface area contributed by atoms with Crippen LogP contribution < -0.4 is 4.72 Å². The van der Waals surface area contributed by atoms with Crippen LogP contribution in [0.4, 0.5) is 4.39 Å². The lowest BCUT2D eigenvalue weighted by molar-refractivity contribution is 0.0696. The highest BCUT2D eigenvalue weighted by Gasteiger charge is 2.22. The summed E-state index contributed by atoms with van der Waals surface area (Å²) in [4.78, 5) is 10.3. The van der Waals surface area contributed by atoms with Gasteiger partial charge in [-0.2, -0.15) is 0 Å². The van der Waals surface area contributed by atoms with Crippen molar-refractivity contribution in [3.63, 3.8) is 0 Å². The zero-order valence-corrected chi connectivity index (χ0v) is 11.2. The lowest BCUT2D eigenvalue weighted by atomic mass is 10.1. The topological polar surface area (TPSA) is 104 Å². The minimum Gasteiger partial charge on any atom is -0.478 e. The molecule has 1 unspecified atom stereocenters. The Bertz CT molecular complexity index is 597. The summed E-state index contributed by atoms with van der Waals surface area (Å²) in [6.45, 7) is 2.36. The Hall–Kier alpha value is -1.51. The van der Waals surface area contributed by atoms with Crippen molar-refractivity contribution in [2.24, 2.45) is 0 Å². The van der Waals surface area contributed by atoms with Crippen LogP contribution in [0.25, 0.3) is 0 Å². The van der Waals surface area contributed by atoms with Crippen LogP contribution in [-0.2, 0) is 10.0 Å². The van der Waals surface area contributed by atoms with E-state index in [0.717, 1.165) is 12.1 Å². The first-order chi connectivity index (χ1) is 8.65. The van der Waals surface area contributed by atoms with Gasteiger partial charge in [0.25, 0.3) is 0 Å². The molecule has 0 spiro atoms. The van der Waals surface area contributed by atoms with Crippen LogP contribution in [0, 0.1) is 12.7 Å². The fraction of sp³-hybridized carbons (Fsp3) is 0.364. The van der Waals surface area contributed by atoms with Crippen LogP contribution in [0.1, 0.15) is 22.8 Å². The number of carboxylic acids is 1. The first kappa shape index (κ1) is 15.5. The molecule has 1 aromatic carbocycles. The molecule has 0 aromatic heterocycles. The maximum absolute atomic E-state index is 13.5. The second-order valence-corrected chi connectivity index (χ2v) is 5.82. The Morgan fingerprint density at radius 1 is 1.47 bits per heavy atom. The van der Waals surface area contributed by atoms with Gasteiger partial charge in [0.05, 0.1) is 16.6 Å². The van der Waals surface area contributed by atoms with E-state index >= 15 is 0 Å². The maximum Gasteiger partial charge on any atom is 0.335 e. The normalized spacial score (nSPS) is 13.3. The van der Waals surface area contributed by atoms with E-state index in [0.29, 0.717) is 0 Å². The summed E-state index contributed by atoms with van der Waals surface area (Å²) < 4.78 is 39.4. The molecule has 0 aliphatic carbocycles. The van der Waals surface area contributed by atoms with E-state index in [1.165, 1.54) is 13.8 Å². The maximum atomic E-state index is 13.5. The van der Waals surface area contributed by atoms with Crippen molar-refractivity contribution in [2.75, 3.05) is 6.54 Å². The third-order valence-electron chi connectivity index (χ3n) is 2.40. The summed E-state index contributed by atoms with van der Waals surface area (Å²) in [6.07, 6.45) is -0.914.